The monoisotopic (exact) mass is 496 g/mol. The normalized spacial score (nSPS) is 13.4. The average molecular weight is 497 g/mol. The largest absolute Gasteiger partial charge is 0.486 e. The average Bonchev–Trinajstić information content (AvgIpc) is 2.85. The molecule has 0 aromatic heterocycles. The van der Waals surface area contributed by atoms with Gasteiger partial charge in [-0.05, 0) is 62.4 Å². The van der Waals surface area contributed by atoms with Crippen molar-refractivity contribution in [3.05, 3.63) is 77.9 Å². The molecule has 9 nitrogen and oxygen atoms in total. The predicted octanol–water partition coefficient (Wildman–Crippen LogP) is 3.75. The van der Waals surface area contributed by atoms with Crippen LogP contribution in [0.5, 0.6) is 11.5 Å². The van der Waals surface area contributed by atoms with E-state index >= 15 is 0 Å². The summed E-state index contributed by atoms with van der Waals surface area (Å²) in [5.74, 6) is -0.180. The highest BCUT2D eigenvalue weighted by atomic mass is 32.2. The van der Waals surface area contributed by atoms with Gasteiger partial charge in [-0.25, -0.2) is 13.2 Å². The van der Waals surface area contributed by atoms with E-state index in [4.69, 9.17) is 14.2 Å². The number of carbonyl (C=O) groups excluding carboxylic acids is 2. The zero-order valence-electron chi connectivity index (χ0n) is 19.1. The van der Waals surface area contributed by atoms with Crippen molar-refractivity contribution in [1.29, 1.82) is 0 Å². The van der Waals surface area contributed by atoms with Crippen molar-refractivity contribution >= 4 is 33.3 Å². The van der Waals surface area contributed by atoms with Crippen molar-refractivity contribution < 1.29 is 32.2 Å². The van der Waals surface area contributed by atoms with E-state index in [0.29, 0.717) is 36.1 Å². The van der Waals surface area contributed by atoms with Gasteiger partial charge in [-0.15, -0.1) is 0 Å². The Morgan fingerprint density at radius 3 is 2.20 bits per heavy atom. The molecule has 1 unspecified atom stereocenters. The molecular weight excluding hydrogens is 472 g/mol. The van der Waals surface area contributed by atoms with Crippen molar-refractivity contribution in [3.8, 4) is 11.5 Å². The van der Waals surface area contributed by atoms with Crippen LogP contribution in [0.3, 0.4) is 0 Å². The highest BCUT2D eigenvalue weighted by Crippen LogP contribution is 2.32. The SMILES string of the molecule is Cc1ccc(NS(=O)(=O)c2ccc(C(=O)OC(C)C(=O)Nc3ccc4c(c3)OCCO4)cc2)cc1. The van der Waals surface area contributed by atoms with Gasteiger partial charge in [0.1, 0.15) is 13.2 Å². The van der Waals surface area contributed by atoms with Crippen molar-refractivity contribution in [2.45, 2.75) is 24.8 Å². The fourth-order valence-corrected chi connectivity index (χ4v) is 4.31. The quantitative estimate of drug-likeness (QED) is 0.478. The molecule has 182 valence electrons. The number of carbonyl (C=O) groups is 2. The highest BCUT2D eigenvalue weighted by molar-refractivity contribution is 7.92. The van der Waals surface area contributed by atoms with Crippen LogP contribution in [0.4, 0.5) is 11.4 Å². The fourth-order valence-electron chi connectivity index (χ4n) is 3.25. The van der Waals surface area contributed by atoms with E-state index in [1.54, 1.807) is 42.5 Å². The molecule has 0 aliphatic carbocycles. The van der Waals surface area contributed by atoms with Gasteiger partial charge in [-0.1, -0.05) is 17.7 Å². The standard InChI is InChI=1S/C25H24N2O7S/c1-16-3-7-19(8-4-16)27-35(30,31)21-10-5-18(6-11-21)25(29)34-17(2)24(28)26-20-9-12-22-23(15-20)33-14-13-32-22/h3-12,15,17,27H,13-14H2,1-2H3,(H,26,28). The first-order valence-corrected chi connectivity index (χ1v) is 12.3. The molecule has 3 aromatic carbocycles. The molecule has 35 heavy (non-hydrogen) atoms. The Hall–Kier alpha value is -4.05. The summed E-state index contributed by atoms with van der Waals surface area (Å²) in [6.45, 7) is 4.22. The number of esters is 1. The van der Waals surface area contributed by atoms with Gasteiger partial charge in [0, 0.05) is 17.4 Å². The number of ether oxygens (including phenoxy) is 3. The zero-order chi connectivity index (χ0) is 25.0. The number of rotatable bonds is 7. The van der Waals surface area contributed by atoms with E-state index in [1.807, 2.05) is 6.92 Å². The Balaban J connectivity index is 1.36. The molecule has 0 saturated carbocycles. The third-order valence-corrected chi connectivity index (χ3v) is 6.56. The van der Waals surface area contributed by atoms with Gasteiger partial charge < -0.3 is 19.5 Å². The number of aryl methyl sites for hydroxylation is 1. The van der Waals surface area contributed by atoms with E-state index in [9.17, 15) is 18.0 Å². The highest BCUT2D eigenvalue weighted by Gasteiger charge is 2.21. The predicted molar refractivity (Wildman–Crippen MR) is 129 cm³/mol. The molecule has 0 fully saturated rings. The Labute approximate surface area is 203 Å². The van der Waals surface area contributed by atoms with Crippen molar-refractivity contribution in [1.82, 2.24) is 0 Å². The second-order valence-electron chi connectivity index (χ2n) is 7.89. The number of sulfonamides is 1. The molecule has 1 aliphatic rings. The first kappa shape index (κ1) is 24.1. The molecule has 1 aliphatic heterocycles. The van der Waals surface area contributed by atoms with Crippen LogP contribution in [-0.2, 0) is 19.6 Å². The second-order valence-corrected chi connectivity index (χ2v) is 9.57. The maximum atomic E-state index is 12.6. The van der Waals surface area contributed by atoms with Crippen LogP contribution in [0.1, 0.15) is 22.8 Å². The smallest absolute Gasteiger partial charge is 0.338 e. The van der Waals surface area contributed by atoms with Crippen LogP contribution in [-0.4, -0.2) is 39.6 Å². The molecule has 3 aromatic rings. The summed E-state index contributed by atoms with van der Waals surface area (Å²) in [5.41, 5.74) is 2.01. The molecule has 1 heterocycles. The van der Waals surface area contributed by atoms with E-state index in [2.05, 4.69) is 10.0 Å². The van der Waals surface area contributed by atoms with Gasteiger partial charge in [0.15, 0.2) is 17.6 Å². The Morgan fingerprint density at radius 2 is 1.51 bits per heavy atom. The van der Waals surface area contributed by atoms with Crippen molar-refractivity contribution in [2.75, 3.05) is 23.3 Å². The summed E-state index contributed by atoms with van der Waals surface area (Å²) in [6, 6.07) is 17.1. The molecule has 0 spiro atoms. The van der Waals surface area contributed by atoms with Gasteiger partial charge in [0.05, 0.1) is 10.5 Å². The molecule has 10 heteroatoms. The molecule has 1 amide bonds. The van der Waals surface area contributed by atoms with Crippen LogP contribution in [0, 0.1) is 6.92 Å². The number of anilines is 2. The van der Waals surface area contributed by atoms with Crippen molar-refractivity contribution in [2.24, 2.45) is 0 Å². The third-order valence-electron chi connectivity index (χ3n) is 5.17. The van der Waals surface area contributed by atoms with E-state index in [0.717, 1.165) is 5.56 Å². The van der Waals surface area contributed by atoms with E-state index in [-0.39, 0.29) is 10.5 Å². The molecule has 0 radical (unpaired) electrons. The summed E-state index contributed by atoms with van der Waals surface area (Å²) in [6.07, 6.45) is -1.10. The number of benzene rings is 3. The number of amides is 1. The number of nitrogens with one attached hydrogen (secondary N) is 2. The minimum atomic E-state index is -3.83. The van der Waals surface area contributed by atoms with E-state index in [1.165, 1.54) is 31.2 Å². The number of fused-ring (bicyclic) bond motifs is 1. The van der Waals surface area contributed by atoms with Gasteiger partial charge in [0.2, 0.25) is 0 Å². The lowest BCUT2D eigenvalue weighted by atomic mass is 10.2. The van der Waals surface area contributed by atoms with Crippen LogP contribution in [0.15, 0.2) is 71.6 Å². The number of hydrogen-bond acceptors (Lipinski definition) is 7. The van der Waals surface area contributed by atoms with Crippen LogP contribution in [0.2, 0.25) is 0 Å². The van der Waals surface area contributed by atoms with Crippen LogP contribution >= 0.6 is 0 Å². The molecule has 1 atom stereocenters. The minimum absolute atomic E-state index is 0.0148. The number of hydrogen-bond donors (Lipinski definition) is 2. The first-order valence-electron chi connectivity index (χ1n) is 10.8. The first-order chi connectivity index (χ1) is 16.7. The summed E-state index contributed by atoms with van der Waals surface area (Å²) in [5, 5.41) is 2.66. The Morgan fingerprint density at radius 1 is 0.886 bits per heavy atom. The lowest BCUT2D eigenvalue weighted by Crippen LogP contribution is -2.30. The Kier molecular flexibility index (Phi) is 6.92. The third kappa shape index (κ3) is 5.90. The lowest BCUT2D eigenvalue weighted by molar-refractivity contribution is -0.123. The summed E-state index contributed by atoms with van der Waals surface area (Å²) < 4.78 is 43.9. The molecule has 2 N–H and O–H groups in total. The molecule has 0 saturated heterocycles. The van der Waals surface area contributed by atoms with Crippen LogP contribution in [0.25, 0.3) is 0 Å². The van der Waals surface area contributed by atoms with Gasteiger partial charge in [0.25, 0.3) is 15.9 Å². The summed E-state index contributed by atoms with van der Waals surface area (Å²) >= 11 is 0. The maximum Gasteiger partial charge on any atom is 0.338 e. The van der Waals surface area contributed by atoms with E-state index < -0.39 is 28.0 Å². The zero-order valence-corrected chi connectivity index (χ0v) is 19.9. The molecule has 0 bridgehead atoms. The topological polar surface area (TPSA) is 120 Å². The van der Waals surface area contributed by atoms with Gasteiger partial charge in [-0.2, -0.15) is 0 Å². The summed E-state index contributed by atoms with van der Waals surface area (Å²) in [4.78, 5) is 24.9. The second kappa shape index (κ2) is 10.1. The fraction of sp³-hybridized carbons (Fsp3) is 0.200. The molecule has 4 rings (SSSR count). The Bertz CT molecular complexity index is 1340. The van der Waals surface area contributed by atoms with Gasteiger partial charge >= 0.3 is 5.97 Å². The lowest BCUT2D eigenvalue weighted by Gasteiger charge is -2.19. The maximum absolute atomic E-state index is 12.6. The van der Waals surface area contributed by atoms with Gasteiger partial charge in [-0.3, -0.25) is 9.52 Å². The van der Waals surface area contributed by atoms with Crippen LogP contribution < -0.4 is 19.5 Å². The van der Waals surface area contributed by atoms with Crippen molar-refractivity contribution in [3.63, 3.8) is 0 Å². The molecular formula is C25H24N2O7S. The summed E-state index contributed by atoms with van der Waals surface area (Å²) in [7, 11) is -3.83. The minimum Gasteiger partial charge on any atom is -0.486 e.